The van der Waals surface area contributed by atoms with Gasteiger partial charge >= 0.3 is 5.97 Å². The average molecular weight is 468 g/mol. The lowest BCUT2D eigenvalue weighted by Gasteiger charge is -2.25. The normalized spacial score (nSPS) is 12.0. The summed E-state index contributed by atoms with van der Waals surface area (Å²) >= 11 is 12.0. The van der Waals surface area contributed by atoms with Crippen molar-refractivity contribution < 1.29 is 19.1 Å². The lowest BCUT2D eigenvalue weighted by molar-refractivity contribution is -0.141. The molecule has 162 valence electrons. The van der Waals surface area contributed by atoms with Crippen molar-refractivity contribution in [2.24, 2.45) is 0 Å². The fourth-order valence-corrected chi connectivity index (χ4v) is 4.03. The molecular formula is C25H19Cl2NO4. The number of carboxylic acid groups (broad SMARTS) is 1. The Labute approximate surface area is 194 Å². The van der Waals surface area contributed by atoms with Gasteiger partial charge < -0.3 is 14.4 Å². The van der Waals surface area contributed by atoms with Crippen LogP contribution in [-0.4, -0.2) is 35.0 Å². The zero-order valence-corrected chi connectivity index (χ0v) is 18.6. The summed E-state index contributed by atoms with van der Waals surface area (Å²) in [7, 11) is 1.45. The number of carboxylic acids is 1. The Morgan fingerprint density at radius 2 is 1.72 bits per heavy atom. The van der Waals surface area contributed by atoms with E-state index in [2.05, 4.69) is 0 Å². The molecule has 0 aliphatic rings. The highest BCUT2D eigenvalue weighted by Gasteiger charge is 2.28. The first-order valence-corrected chi connectivity index (χ1v) is 10.6. The van der Waals surface area contributed by atoms with Gasteiger partial charge in [-0.3, -0.25) is 4.79 Å². The Morgan fingerprint density at radius 1 is 1.00 bits per heavy atom. The molecule has 0 aliphatic carbocycles. The van der Waals surface area contributed by atoms with Crippen LogP contribution < -0.4 is 0 Å². The molecule has 0 fully saturated rings. The molecule has 4 aromatic rings. The molecule has 0 spiro atoms. The van der Waals surface area contributed by atoms with Crippen LogP contribution in [-0.2, 0) is 11.2 Å². The van der Waals surface area contributed by atoms with E-state index in [9.17, 15) is 14.7 Å². The molecule has 1 aromatic heterocycles. The molecule has 1 N–H and O–H groups in total. The molecule has 0 saturated heterocycles. The topological polar surface area (TPSA) is 70.8 Å². The minimum Gasteiger partial charge on any atom is -0.480 e. The molecule has 0 radical (unpaired) electrons. The molecule has 0 aliphatic heterocycles. The number of hydrogen-bond acceptors (Lipinski definition) is 3. The Hall–Kier alpha value is -3.28. The molecule has 7 heteroatoms. The highest BCUT2D eigenvalue weighted by Crippen LogP contribution is 2.28. The average Bonchev–Trinajstić information content (AvgIpc) is 3.21. The second kappa shape index (κ2) is 9.07. The highest BCUT2D eigenvalue weighted by atomic mass is 35.5. The number of carbonyl (C=O) groups is 2. The van der Waals surface area contributed by atoms with E-state index in [1.807, 2.05) is 54.6 Å². The van der Waals surface area contributed by atoms with E-state index in [0.29, 0.717) is 5.02 Å². The summed E-state index contributed by atoms with van der Waals surface area (Å²) in [6.07, 6.45) is 0.142. The molecule has 0 unspecified atom stereocenters. The third-order valence-electron chi connectivity index (χ3n) is 5.33. The minimum absolute atomic E-state index is 0.142. The molecule has 1 amide bonds. The zero-order chi connectivity index (χ0) is 22.8. The summed E-state index contributed by atoms with van der Waals surface area (Å²) in [6, 6.07) is 20.6. The van der Waals surface area contributed by atoms with E-state index in [0.717, 1.165) is 27.9 Å². The Kier molecular flexibility index (Phi) is 6.21. The lowest BCUT2D eigenvalue weighted by Crippen LogP contribution is -2.44. The van der Waals surface area contributed by atoms with Gasteiger partial charge in [-0.25, -0.2) is 4.79 Å². The van der Waals surface area contributed by atoms with Crippen molar-refractivity contribution in [3.8, 4) is 11.3 Å². The number of furan rings is 1. The van der Waals surface area contributed by atoms with Gasteiger partial charge in [0.25, 0.3) is 5.91 Å². The number of aliphatic carboxylic acids is 1. The molecule has 0 saturated carbocycles. The monoisotopic (exact) mass is 467 g/mol. The molecule has 3 aromatic carbocycles. The first kappa shape index (κ1) is 21.9. The number of hydrogen-bond donors (Lipinski definition) is 1. The van der Waals surface area contributed by atoms with Crippen molar-refractivity contribution in [2.75, 3.05) is 7.05 Å². The predicted octanol–water partition coefficient (Wildman–Crippen LogP) is 6.17. The molecule has 4 rings (SSSR count). The van der Waals surface area contributed by atoms with E-state index < -0.39 is 17.9 Å². The van der Waals surface area contributed by atoms with E-state index >= 15 is 0 Å². The van der Waals surface area contributed by atoms with Gasteiger partial charge in [0.15, 0.2) is 0 Å². The Morgan fingerprint density at radius 3 is 2.38 bits per heavy atom. The number of benzene rings is 3. The summed E-state index contributed by atoms with van der Waals surface area (Å²) in [6.45, 7) is 0. The van der Waals surface area contributed by atoms with Gasteiger partial charge in [0.2, 0.25) is 0 Å². The van der Waals surface area contributed by atoms with Crippen LogP contribution in [0.3, 0.4) is 0 Å². The van der Waals surface area contributed by atoms with Crippen LogP contribution >= 0.6 is 23.2 Å². The molecule has 5 nitrogen and oxygen atoms in total. The number of nitrogens with zero attached hydrogens (tertiary/aromatic N) is 1. The summed E-state index contributed by atoms with van der Waals surface area (Å²) in [5, 5.41) is 11.3. The predicted molar refractivity (Wildman–Crippen MR) is 125 cm³/mol. The van der Waals surface area contributed by atoms with Crippen LogP contribution in [0.5, 0.6) is 0 Å². The highest BCUT2D eigenvalue weighted by molar-refractivity contribution is 6.36. The van der Waals surface area contributed by atoms with Gasteiger partial charge in [-0.15, -0.1) is 0 Å². The molecular weight excluding hydrogens is 449 g/mol. The quantitative estimate of drug-likeness (QED) is 0.367. The number of para-hydroxylation sites is 1. The van der Waals surface area contributed by atoms with Crippen molar-refractivity contribution in [1.29, 1.82) is 0 Å². The SMILES string of the molecule is CN(C(=O)c1ccc(Cl)cc1Cl)[C@H](Cc1ccc(-c2cc3ccccc3o2)cc1)C(=O)O. The third-order valence-corrected chi connectivity index (χ3v) is 5.88. The van der Waals surface area contributed by atoms with E-state index in [1.165, 1.54) is 24.1 Å². The summed E-state index contributed by atoms with van der Waals surface area (Å²) in [5.41, 5.74) is 2.66. The van der Waals surface area contributed by atoms with Crippen molar-refractivity contribution in [2.45, 2.75) is 12.5 Å². The van der Waals surface area contributed by atoms with Gasteiger partial charge in [0.05, 0.1) is 10.6 Å². The van der Waals surface area contributed by atoms with Crippen molar-refractivity contribution >= 4 is 46.0 Å². The van der Waals surface area contributed by atoms with Crippen LogP contribution in [0.4, 0.5) is 0 Å². The summed E-state index contributed by atoms with van der Waals surface area (Å²) in [4.78, 5) is 26.0. The van der Waals surface area contributed by atoms with E-state index in [-0.39, 0.29) is 17.0 Å². The van der Waals surface area contributed by atoms with Crippen molar-refractivity contribution in [3.63, 3.8) is 0 Å². The van der Waals surface area contributed by atoms with Gasteiger partial charge in [0.1, 0.15) is 17.4 Å². The standard InChI is InChI=1S/C25H19Cl2NO4/c1-28(24(29)19-11-10-18(26)14-20(19)27)21(25(30)31)12-15-6-8-16(9-7-15)23-13-17-4-2-3-5-22(17)32-23/h2-11,13-14,21H,12H2,1H3,(H,30,31)/t21-/m1/s1. The summed E-state index contributed by atoms with van der Waals surface area (Å²) in [5.74, 6) is -0.859. The Balaban J connectivity index is 1.53. The number of halogens is 2. The van der Waals surface area contributed by atoms with E-state index in [1.54, 1.807) is 6.07 Å². The van der Waals surface area contributed by atoms with Gasteiger partial charge in [-0.2, -0.15) is 0 Å². The van der Waals surface area contributed by atoms with Crippen molar-refractivity contribution in [1.82, 2.24) is 4.90 Å². The smallest absolute Gasteiger partial charge is 0.326 e. The molecule has 1 atom stereocenters. The second-order valence-electron chi connectivity index (χ2n) is 7.44. The zero-order valence-electron chi connectivity index (χ0n) is 17.1. The van der Waals surface area contributed by atoms with E-state index in [4.69, 9.17) is 27.6 Å². The molecule has 32 heavy (non-hydrogen) atoms. The molecule has 1 heterocycles. The fourth-order valence-electron chi connectivity index (χ4n) is 3.54. The lowest BCUT2D eigenvalue weighted by atomic mass is 10.0. The van der Waals surface area contributed by atoms with Crippen LogP contribution in [0.2, 0.25) is 10.0 Å². The van der Waals surface area contributed by atoms with Crippen LogP contribution in [0, 0.1) is 0 Å². The first-order chi connectivity index (χ1) is 15.3. The number of likely N-dealkylation sites (N-methyl/N-ethyl adjacent to an activating group) is 1. The van der Waals surface area contributed by atoms with Crippen LogP contribution in [0.25, 0.3) is 22.3 Å². The van der Waals surface area contributed by atoms with Gasteiger partial charge in [0, 0.05) is 29.4 Å². The van der Waals surface area contributed by atoms with Gasteiger partial charge in [-0.05, 0) is 35.9 Å². The largest absolute Gasteiger partial charge is 0.480 e. The summed E-state index contributed by atoms with van der Waals surface area (Å²) < 4.78 is 5.88. The van der Waals surface area contributed by atoms with Gasteiger partial charge in [-0.1, -0.05) is 65.7 Å². The first-order valence-electron chi connectivity index (χ1n) is 9.86. The minimum atomic E-state index is -1.10. The maximum Gasteiger partial charge on any atom is 0.326 e. The fraction of sp³-hybridized carbons (Fsp3) is 0.120. The van der Waals surface area contributed by atoms with Crippen LogP contribution in [0.15, 0.2) is 77.2 Å². The third kappa shape index (κ3) is 4.49. The molecule has 0 bridgehead atoms. The Bertz CT molecular complexity index is 1260. The van der Waals surface area contributed by atoms with Crippen molar-refractivity contribution in [3.05, 3.63) is 94.0 Å². The number of rotatable bonds is 6. The second-order valence-corrected chi connectivity index (χ2v) is 8.29. The number of fused-ring (bicyclic) bond motifs is 1. The number of amides is 1. The maximum atomic E-state index is 12.9. The number of carbonyl (C=O) groups excluding carboxylic acids is 1. The van der Waals surface area contributed by atoms with Crippen LogP contribution in [0.1, 0.15) is 15.9 Å². The maximum absolute atomic E-state index is 12.9.